The maximum atomic E-state index is 5.85. The van der Waals surface area contributed by atoms with E-state index in [1.807, 2.05) is 32.2 Å². The van der Waals surface area contributed by atoms with E-state index in [0.717, 1.165) is 16.3 Å². The molecular weight excluding hydrogens is 181 g/mol. The summed E-state index contributed by atoms with van der Waals surface area (Å²) in [4.78, 5) is 0. The number of hydrogen-bond acceptors (Lipinski definition) is 1. The van der Waals surface area contributed by atoms with Crippen molar-refractivity contribution in [1.29, 1.82) is 0 Å². The van der Waals surface area contributed by atoms with E-state index in [1.54, 1.807) is 0 Å². The average Bonchev–Trinajstić information content (AvgIpc) is 1.95. The number of benzene rings is 1. The zero-order valence-electron chi connectivity index (χ0n) is 6.52. The molecule has 0 unspecified atom stereocenters. The van der Waals surface area contributed by atoms with Gasteiger partial charge in [0, 0.05) is 17.8 Å². The van der Waals surface area contributed by atoms with Crippen LogP contribution in [0.2, 0.25) is 5.02 Å². The Kier molecular flexibility index (Phi) is 4.31. The molecule has 0 aliphatic rings. The summed E-state index contributed by atoms with van der Waals surface area (Å²) in [6.45, 7) is 1.99. The summed E-state index contributed by atoms with van der Waals surface area (Å²) in [6.07, 6.45) is 0. The number of rotatable bonds is 1. The minimum absolute atomic E-state index is 0. The van der Waals surface area contributed by atoms with Crippen molar-refractivity contribution in [3.63, 3.8) is 0 Å². The predicted octanol–water partition coefficient (Wildman–Crippen LogP) is 3.11. The van der Waals surface area contributed by atoms with Gasteiger partial charge in [-0.1, -0.05) is 17.7 Å². The molecular formula is C8H11Cl2N. The Morgan fingerprint density at radius 1 is 1.36 bits per heavy atom. The smallest absolute Gasteiger partial charge is 0.0455 e. The SMILES string of the molecule is CNc1cccc(Cl)c1C.Cl. The van der Waals surface area contributed by atoms with Crippen LogP contribution in [-0.4, -0.2) is 7.05 Å². The standard InChI is InChI=1S/C8H10ClN.ClH/c1-6-7(9)4-3-5-8(6)10-2;/h3-5,10H,1-2H3;1H. The van der Waals surface area contributed by atoms with Crippen molar-refractivity contribution in [3.8, 4) is 0 Å². The van der Waals surface area contributed by atoms with Gasteiger partial charge in [0.05, 0.1) is 0 Å². The number of hydrogen-bond donors (Lipinski definition) is 1. The summed E-state index contributed by atoms with van der Waals surface area (Å²) in [7, 11) is 1.89. The molecule has 0 saturated carbocycles. The summed E-state index contributed by atoms with van der Waals surface area (Å²) in [5.74, 6) is 0. The number of anilines is 1. The van der Waals surface area contributed by atoms with E-state index >= 15 is 0 Å². The molecule has 62 valence electrons. The molecule has 11 heavy (non-hydrogen) atoms. The fourth-order valence-corrected chi connectivity index (χ4v) is 1.05. The van der Waals surface area contributed by atoms with Gasteiger partial charge < -0.3 is 5.32 Å². The summed E-state index contributed by atoms with van der Waals surface area (Å²) in [5, 5.41) is 3.86. The summed E-state index contributed by atoms with van der Waals surface area (Å²) in [6, 6.07) is 5.82. The van der Waals surface area contributed by atoms with Crippen LogP contribution in [-0.2, 0) is 0 Å². The molecule has 1 aromatic rings. The van der Waals surface area contributed by atoms with E-state index < -0.39 is 0 Å². The van der Waals surface area contributed by atoms with Gasteiger partial charge in [-0.3, -0.25) is 0 Å². The van der Waals surface area contributed by atoms with Gasteiger partial charge in [0.25, 0.3) is 0 Å². The van der Waals surface area contributed by atoms with E-state index in [4.69, 9.17) is 11.6 Å². The van der Waals surface area contributed by atoms with E-state index in [9.17, 15) is 0 Å². The normalized spacial score (nSPS) is 8.64. The molecule has 0 fully saturated rings. The molecule has 0 bridgehead atoms. The van der Waals surface area contributed by atoms with Crippen molar-refractivity contribution < 1.29 is 0 Å². The quantitative estimate of drug-likeness (QED) is 0.720. The zero-order valence-corrected chi connectivity index (χ0v) is 8.09. The first-order valence-corrected chi connectivity index (χ1v) is 3.56. The number of halogens is 2. The second-order valence-corrected chi connectivity index (χ2v) is 2.57. The first kappa shape index (κ1) is 10.6. The van der Waals surface area contributed by atoms with Crippen LogP contribution in [0, 0.1) is 6.92 Å². The molecule has 0 aliphatic carbocycles. The van der Waals surface area contributed by atoms with Crippen LogP contribution in [0.4, 0.5) is 5.69 Å². The molecule has 0 aliphatic heterocycles. The second-order valence-electron chi connectivity index (χ2n) is 2.16. The van der Waals surface area contributed by atoms with Crippen LogP contribution in [0.1, 0.15) is 5.56 Å². The summed E-state index contributed by atoms with van der Waals surface area (Å²) >= 11 is 5.85. The number of nitrogens with one attached hydrogen (secondary N) is 1. The topological polar surface area (TPSA) is 12.0 Å². The molecule has 0 heterocycles. The lowest BCUT2D eigenvalue weighted by Gasteiger charge is -2.04. The largest absolute Gasteiger partial charge is 0.388 e. The molecule has 0 aromatic heterocycles. The van der Waals surface area contributed by atoms with Crippen LogP contribution in [0.25, 0.3) is 0 Å². The first-order valence-electron chi connectivity index (χ1n) is 3.18. The maximum Gasteiger partial charge on any atom is 0.0455 e. The monoisotopic (exact) mass is 191 g/mol. The second kappa shape index (κ2) is 4.47. The van der Waals surface area contributed by atoms with Crippen molar-refractivity contribution in [2.24, 2.45) is 0 Å². The van der Waals surface area contributed by atoms with Crippen molar-refractivity contribution in [3.05, 3.63) is 28.8 Å². The van der Waals surface area contributed by atoms with Crippen LogP contribution in [0.5, 0.6) is 0 Å². The van der Waals surface area contributed by atoms with Crippen LogP contribution >= 0.6 is 24.0 Å². The lowest BCUT2D eigenvalue weighted by Crippen LogP contribution is -1.90. The zero-order chi connectivity index (χ0) is 7.56. The Labute approximate surface area is 78.2 Å². The van der Waals surface area contributed by atoms with E-state index in [2.05, 4.69) is 5.32 Å². The van der Waals surface area contributed by atoms with Crippen LogP contribution in [0.15, 0.2) is 18.2 Å². The van der Waals surface area contributed by atoms with Crippen LogP contribution in [0.3, 0.4) is 0 Å². The van der Waals surface area contributed by atoms with Gasteiger partial charge in [0.1, 0.15) is 0 Å². The van der Waals surface area contributed by atoms with Gasteiger partial charge in [0.2, 0.25) is 0 Å². The minimum atomic E-state index is 0. The highest BCUT2D eigenvalue weighted by Crippen LogP contribution is 2.21. The van der Waals surface area contributed by atoms with Crippen molar-refractivity contribution in [2.45, 2.75) is 6.92 Å². The maximum absolute atomic E-state index is 5.85. The molecule has 0 amide bonds. The highest BCUT2D eigenvalue weighted by molar-refractivity contribution is 6.31. The molecule has 0 radical (unpaired) electrons. The Morgan fingerprint density at radius 2 is 2.00 bits per heavy atom. The highest BCUT2D eigenvalue weighted by atomic mass is 35.5. The molecule has 1 N–H and O–H groups in total. The third-order valence-electron chi connectivity index (χ3n) is 1.54. The Hall–Kier alpha value is -0.400. The minimum Gasteiger partial charge on any atom is -0.388 e. The summed E-state index contributed by atoms with van der Waals surface area (Å²) in [5.41, 5.74) is 2.19. The Morgan fingerprint density at radius 3 is 2.45 bits per heavy atom. The van der Waals surface area contributed by atoms with E-state index in [0.29, 0.717) is 0 Å². The van der Waals surface area contributed by atoms with E-state index in [-0.39, 0.29) is 12.4 Å². The molecule has 0 saturated heterocycles. The first-order chi connectivity index (χ1) is 4.75. The fraction of sp³-hybridized carbons (Fsp3) is 0.250. The molecule has 0 atom stereocenters. The van der Waals surface area contributed by atoms with Gasteiger partial charge in [0.15, 0.2) is 0 Å². The average molecular weight is 192 g/mol. The molecule has 1 nitrogen and oxygen atoms in total. The van der Waals surface area contributed by atoms with Gasteiger partial charge in [-0.25, -0.2) is 0 Å². The Bertz CT molecular complexity index is 236. The van der Waals surface area contributed by atoms with Crippen molar-refractivity contribution in [1.82, 2.24) is 0 Å². The predicted molar refractivity (Wildman–Crippen MR) is 53.0 cm³/mol. The van der Waals surface area contributed by atoms with Gasteiger partial charge >= 0.3 is 0 Å². The van der Waals surface area contributed by atoms with Crippen LogP contribution < -0.4 is 5.32 Å². The molecule has 3 heteroatoms. The van der Waals surface area contributed by atoms with Gasteiger partial charge in [-0.2, -0.15) is 0 Å². The van der Waals surface area contributed by atoms with Crippen molar-refractivity contribution >= 4 is 29.7 Å². The van der Waals surface area contributed by atoms with Crippen molar-refractivity contribution in [2.75, 3.05) is 12.4 Å². The summed E-state index contributed by atoms with van der Waals surface area (Å²) < 4.78 is 0. The van der Waals surface area contributed by atoms with E-state index in [1.165, 1.54) is 0 Å². The molecule has 1 aromatic carbocycles. The third-order valence-corrected chi connectivity index (χ3v) is 1.95. The lowest BCUT2D eigenvalue weighted by molar-refractivity contribution is 1.41. The molecule has 0 spiro atoms. The highest BCUT2D eigenvalue weighted by Gasteiger charge is 1.97. The lowest BCUT2D eigenvalue weighted by atomic mass is 10.2. The fourth-order valence-electron chi connectivity index (χ4n) is 0.878. The third kappa shape index (κ3) is 2.28. The van der Waals surface area contributed by atoms with Gasteiger partial charge in [-0.15, -0.1) is 12.4 Å². The molecule has 1 rings (SSSR count). The van der Waals surface area contributed by atoms with Gasteiger partial charge in [-0.05, 0) is 24.6 Å². The Balaban J connectivity index is 0.000001000.